The molecule has 0 radical (unpaired) electrons. The van der Waals surface area contributed by atoms with Crippen molar-refractivity contribution in [2.45, 2.75) is 4.90 Å². The Morgan fingerprint density at radius 2 is 1.70 bits per heavy atom. The highest BCUT2D eigenvalue weighted by Gasteiger charge is 2.14. The molecule has 0 aliphatic carbocycles. The van der Waals surface area contributed by atoms with E-state index in [2.05, 4.69) is 30.8 Å². The zero-order valence-corrected chi connectivity index (χ0v) is 14.5. The maximum Gasteiger partial charge on any atom is 0.261 e. The van der Waals surface area contributed by atoms with Crippen LogP contribution in [0.2, 0.25) is 0 Å². The Bertz CT molecular complexity index is 919. The second-order valence-corrected chi connectivity index (χ2v) is 7.50. The third kappa shape index (κ3) is 3.43. The van der Waals surface area contributed by atoms with Gasteiger partial charge >= 0.3 is 0 Å². The molecule has 1 heterocycles. The van der Waals surface area contributed by atoms with Crippen molar-refractivity contribution in [1.29, 1.82) is 0 Å². The number of nitrogens with one attached hydrogen (secondary N) is 1. The van der Waals surface area contributed by atoms with Crippen LogP contribution in [-0.4, -0.2) is 23.2 Å². The summed E-state index contributed by atoms with van der Waals surface area (Å²) >= 11 is 3.28. The summed E-state index contributed by atoms with van der Waals surface area (Å²) in [5.41, 5.74) is 1.34. The quantitative estimate of drug-likeness (QED) is 0.739. The van der Waals surface area contributed by atoms with Gasteiger partial charge in [-0.3, -0.25) is 4.72 Å². The van der Waals surface area contributed by atoms with Crippen molar-refractivity contribution in [2.24, 2.45) is 7.05 Å². The Kier molecular flexibility index (Phi) is 4.18. The van der Waals surface area contributed by atoms with Crippen LogP contribution in [-0.2, 0) is 17.1 Å². The van der Waals surface area contributed by atoms with Crippen molar-refractivity contribution in [2.75, 3.05) is 4.72 Å². The number of rotatable bonds is 4. The zero-order chi connectivity index (χ0) is 16.4. The highest BCUT2D eigenvalue weighted by atomic mass is 79.9. The van der Waals surface area contributed by atoms with Crippen LogP contribution in [0.15, 0.2) is 64.2 Å². The van der Waals surface area contributed by atoms with Crippen LogP contribution >= 0.6 is 15.9 Å². The number of hydrogen-bond donors (Lipinski definition) is 1. The maximum atomic E-state index is 12.3. The molecular formula is C15H13BrN4O2S. The number of aryl methyl sites for hydroxylation is 1. The first kappa shape index (κ1) is 15.7. The lowest BCUT2D eigenvalue weighted by Gasteiger charge is -2.09. The number of nitrogens with zero attached hydrogens (tertiary/aromatic N) is 3. The van der Waals surface area contributed by atoms with Crippen molar-refractivity contribution in [3.8, 4) is 11.4 Å². The molecule has 6 nitrogen and oxygen atoms in total. The van der Waals surface area contributed by atoms with E-state index in [1.807, 2.05) is 7.05 Å². The Hall–Kier alpha value is -2.19. The molecule has 118 valence electrons. The molecular weight excluding hydrogens is 380 g/mol. The lowest BCUT2D eigenvalue weighted by atomic mass is 10.2. The van der Waals surface area contributed by atoms with E-state index in [0.717, 1.165) is 10.0 Å². The van der Waals surface area contributed by atoms with E-state index in [4.69, 9.17) is 0 Å². The van der Waals surface area contributed by atoms with E-state index < -0.39 is 10.0 Å². The van der Waals surface area contributed by atoms with Gasteiger partial charge in [0.15, 0.2) is 5.82 Å². The predicted molar refractivity (Wildman–Crippen MR) is 91.4 cm³/mol. The first-order valence-corrected chi connectivity index (χ1v) is 8.96. The minimum atomic E-state index is -3.61. The minimum Gasteiger partial charge on any atom is -0.317 e. The van der Waals surface area contributed by atoms with Crippen LogP contribution in [0.25, 0.3) is 11.4 Å². The van der Waals surface area contributed by atoms with E-state index in [-0.39, 0.29) is 4.90 Å². The summed E-state index contributed by atoms with van der Waals surface area (Å²) in [7, 11) is -1.76. The van der Waals surface area contributed by atoms with Crippen LogP contribution in [0.4, 0.5) is 5.69 Å². The third-order valence-corrected chi connectivity index (χ3v) is 5.16. The summed E-state index contributed by atoms with van der Waals surface area (Å²) in [4.78, 5) is 0.207. The SMILES string of the molecule is Cn1cnnc1-c1ccc(NS(=O)(=O)c2ccc(Br)cc2)cc1. The number of hydrogen-bond acceptors (Lipinski definition) is 4. The number of benzene rings is 2. The molecule has 0 fully saturated rings. The minimum absolute atomic E-state index is 0.207. The normalized spacial score (nSPS) is 11.4. The van der Waals surface area contributed by atoms with E-state index in [0.29, 0.717) is 11.5 Å². The van der Waals surface area contributed by atoms with Gasteiger partial charge in [0.25, 0.3) is 10.0 Å². The molecule has 0 saturated heterocycles. The molecule has 1 aromatic heterocycles. The molecule has 0 aliphatic rings. The first-order chi connectivity index (χ1) is 11.0. The smallest absolute Gasteiger partial charge is 0.261 e. The van der Waals surface area contributed by atoms with Crippen molar-refractivity contribution >= 4 is 31.6 Å². The van der Waals surface area contributed by atoms with Gasteiger partial charge in [-0.05, 0) is 48.5 Å². The molecule has 23 heavy (non-hydrogen) atoms. The van der Waals surface area contributed by atoms with Crippen LogP contribution in [0, 0.1) is 0 Å². The largest absolute Gasteiger partial charge is 0.317 e. The molecule has 8 heteroatoms. The van der Waals surface area contributed by atoms with Gasteiger partial charge in [-0.15, -0.1) is 10.2 Å². The van der Waals surface area contributed by atoms with E-state index >= 15 is 0 Å². The van der Waals surface area contributed by atoms with E-state index in [9.17, 15) is 8.42 Å². The molecule has 0 spiro atoms. The van der Waals surface area contributed by atoms with Crippen molar-refractivity contribution in [3.63, 3.8) is 0 Å². The lowest BCUT2D eigenvalue weighted by molar-refractivity contribution is 0.601. The number of sulfonamides is 1. The van der Waals surface area contributed by atoms with Crippen molar-refractivity contribution < 1.29 is 8.42 Å². The van der Waals surface area contributed by atoms with Gasteiger partial charge < -0.3 is 4.57 Å². The first-order valence-electron chi connectivity index (χ1n) is 6.68. The number of aromatic nitrogens is 3. The highest BCUT2D eigenvalue weighted by molar-refractivity contribution is 9.10. The van der Waals surface area contributed by atoms with Gasteiger partial charge in [-0.2, -0.15) is 0 Å². The Balaban J connectivity index is 1.83. The molecule has 3 rings (SSSR count). The molecule has 3 aromatic rings. The molecule has 0 atom stereocenters. The van der Waals surface area contributed by atoms with Gasteiger partial charge in [-0.1, -0.05) is 15.9 Å². The molecule has 1 N–H and O–H groups in total. The molecule has 2 aromatic carbocycles. The Labute approximate surface area is 142 Å². The van der Waals surface area contributed by atoms with Crippen LogP contribution in [0.3, 0.4) is 0 Å². The summed E-state index contributed by atoms with van der Waals surface area (Å²) in [6, 6.07) is 13.4. The van der Waals surface area contributed by atoms with Gasteiger partial charge in [0.1, 0.15) is 6.33 Å². The van der Waals surface area contributed by atoms with E-state index in [1.165, 1.54) is 0 Å². The predicted octanol–water partition coefficient (Wildman–Crippen LogP) is 3.05. The average molecular weight is 393 g/mol. The third-order valence-electron chi connectivity index (χ3n) is 3.23. The summed E-state index contributed by atoms with van der Waals surface area (Å²) < 4.78 is 29.8. The second kappa shape index (κ2) is 6.13. The van der Waals surface area contributed by atoms with Crippen molar-refractivity contribution in [1.82, 2.24) is 14.8 Å². The van der Waals surface area contributed by atoms with Crippen LogP contribution in [0.1, 0.15) is 0 Å². The second-order valence-electron chi connectivity index (χ2n) is 4.90. The summed E-state index contributed by atoms with van der Waals surface area (Å²) in [6.45, 7) is 0. The summed E-state index contributed by atoms with van der Waals surface area (Å²) in [5.74, 6) is 0.715. The monoisotopic (exact) mass is 392 g/mol. The van der Waals surface area contributed by atoms with Crippen LogP contribution < -0.4 is 4.72 Å². The zero-order valence-electron chi connectivity index (χ0n) is 12.1. The lowest BCUT2D eigenvalue weighted by Crippen LogP contribution is -2.12. The number of halogens is 1. The fourth-order valence-corrected chi connectivity index (χ4v) is 3.38. The molecule has 0 amide bonds. The summed E-state index contributed by atoms with van der Waals surface area (Å²) in [6.07, 6.45) is 1.61. The standard InChI is InChI=1S/C15H13BrN4O2S/c1-20-10-17-18-15(20)11-2-6-13(7-3-11)19-23(21,22)14-8-4-12(16)5-9-14/h2-10,19H,1H3. The Morgan fingerprint density at radius 3 is 2.26 bits per heavy atom. The number of anilines is 1. The highest BCUT2D eigenvalue weighted by Crippen LogP contribution is 2.22. The van der Waals surface area contributed by atoms with Crippen molar-refractivity contribution in [3.05, 3.63) is 59.3 Å². The average Bonchev–Trinajstić information content (AvgIpc) is 2.94. The fourth-order valence-electron chi connectivity index (χ4n) is 2.06. The molecule has 0 unspecified atom stereocenters. The summed E-state index contributed by atoms with van der Waals surface area (Å²) in [5, 5.41) is 7.84. The topological polar surface area (TPSA) is 76.9 Å². The van der Waals surface area contributed by atoms with Crippen LogP contribution in [0.5, 0.6) is 0 Å². The van der Waals surface area contributed by atoms with Gasteiger partial charge in [0.05, 0.1) is 4.90 Å². The van der Waals surface area contributed by atoms with E-state index in [1.54, 1.807) is 59.4 Å². The van der Waals surface area contributed by atoms with Gasteiger partial charge in [0, 0.05) is 22.8 Å². The van der Waals surface area contributed by atoms with Gasteiger partial charge in [0.2, 0.25) is 0 Å². The fraction of sp³-hybridized carbons (Fsp3) is 0.0667. The molecule has 0 bridgehead atoms. The molecule has 0 aliphatic heterocycles. The molecule has 0 saturated carbocycles. The maximum absolute atomic E-state index is 12.3. The van der Waals surface area contributed by atoms with Gasteiger partial charge in [-0.25, -0.2) is 8.42 Å². The Morgan fingerprint density at radius 1 is 1.04 bits per heavy atom.